The number of rotatable bonds is 23. The molecular formula is C25H54ClNO2. The molecule has 0 aliphatic carbocycles. The maximum Gasteiger partial charge on any atom is 0.164 e. The van der Waals surface area contributed by atoms with Crippen molar-refractivity contribution < 1.29 is 10.2 Å². The number of likely N-dealkylation sites (N-methyl/N-ethyl adjacent to an activating group) is 1. The van der Waals surface area contributed by atoms with Gasteiger partial charge in [-0.1, -0.05) is 129 Å². The van der Waals surface area contributed by atoms with Gasteiger partial charge in [-0.3, -0.25) is 0 Å². The minimum Gasteiger partial charge on any atom is -0.367 e. The largest absolute Gasteiger partial charge is 0.367 e. The molecule has 0 saturated heterocycles. The van der Waals surface area contributed by atoms with Crippen LogP contribution in [0.15, 0.2) is 0 Å². The van der Waals surface area contributed by atoms with Gasteiger partial charge in [-0.25, -0.2) is 0 Å². The van der Waals surface area contributed by atoms with Crippen molar-refractivity contribution in [3.8, 4) is 0 Å². The molecule has 0 aliphatic heterocycles. The summed E-state index contributed by atoms with van der Waals surface area (Å²) in [6.45, 7) is 3.62. The van der Waals surface area contributed by atoms with Crippen LogP contribution in [0.4, 0.5) is 0 Å². The molecule has 0 radical (unpaired) electrons. The molecule has 0 atom stereocenters. The lowest BCUT2D eigenvalue weighted by molar-refractivity contribution is -0.0573. The molecule has 0 saturated carbocycles. The number of hydrogen-bond acceptors (Lipinski definition) is 3. The van der Waals surface area contributed by atoms with Crippen LogP contribution in [0.1, 0.15) is 135 Å². The first kappa shape index (κ1) is 31.4. The van der Waals surface area contributed by atoms with Crippen LogP contribution in [0.3, 0.4) is 0 Å². The van der Waals surface area contributed by atoms with E-state index in [4.69, 9.17) is 10.2 Å². The van der Waals surface area contributed by atoms with E-state index in [1.54, 1.807) is 0 Å². The summed E-state index contributed by atoms with van der Waals surface area (Å²) in [5.74, 6) is 0. The fourth-order valence-electron chi connectivity index (χ4n) is 4.01. The third-order valence-corrected chi connectivity index (χ3v) is 5.87. The highest BCUT2D eigenvalue weighted by atomic mass is 35.5. The normalized spacial score (nSPS) is 11.4. The van der Waals surface area contributed by atoms with Gasteiger partial charge in [0.1, 0.15) is 0 Å². The van der Waals surface area contributed by atoms with Crippen LogP contribution in [-0.4, -0.2) is 41.5 Å². The minimum atomic E-state index is -1.20. The van der Waals surface area contributed by atoms with Gasteiger partial charge in [-0.05, 0) is 20.0 Å². The lowest BCUT2D eigenvalue weighted by atomic mass is 10.0. The van der Waals surface area contributed by atoms with E-state index < -0.39 is 6.29 Å². The Kier molecular flexibility index (Phi) is 28.3. The molecule has 2 N–H and O–H groups in total. The first-order chi connectivity index (χ1) is 13.7. The topological polar surface area (TPSA) is 43.7 Å². The number of aliphatic hydroxyl groups is 2. The molecule has 0 aromatic rings. The first-order valence-electron chi connectivity index (χ1n) is 12.7. The predicted molar refractivity (Wildman–Crippen MR) is 131 cm³/mol. The van der Waals surface area contributed by atoms with E-state index in [1.807, 2.05) is 11.9 Å². The SMILES string of the molecule is CCCCCCCCCCCCCCCCCCCCCCN(C)CC(O)O.Cl. The Morgan fingerprint density at radius 2 is 0.793 bits per heavy atom. The quantitative estimate of drug-likeness (QED) is 0.129. The third-order valence-electron chi connectivity index (χ3n) is 5.87. The molecule has 0 fully saturated rings. The van der Waals surface area contributed by atoms with E-state index in [-0.39, 0.29) is 12.4 Å². The Balaban J connectivity index is 0. The predicted octanol–water partition coefficient (Wildman–Crippen LogP) is 7.47. The van der Waals surface area contributed by atoms with Crippen molar-refractivity contribution in [1.82, 2.24) is 4.90 Å². The highest BCUT2D eigenvalue weighted by Crippen LogP contribution is 2.14. The van der Waals surface area contributed by atoms with Crippen LogP contribution in [0, 0.1) is 0 Å². The van der Waals surface area contributed by atoms with Crippen LogP contribution in [0.25, 0.3) is 0 Å². The van der Waals surface area contributed by atoms with Crippen molar-refractivity contribution in [2.45, 2.75) is 142 Å². The number of nitrogens with zero attached hydrogens (tertiary/aromatic N) is 1. The molecule has 3 nitrogen and oxygen atoms in total. The molecule has 4 heteroatoms. The van der Waals surface area contributed by atoms with Gasteiger partial charge in [0.2, 0.25) is 0 Å². The molecule has 0 rings (SSSR count). The summed E-state index contributed by atoms with van der Waals surface area (Å²) in [7, 11) is 1.95. The highest BCUT2D eigenvalue weighted by molar-refractivity contribution is 5.85. The van der Waals surface area contributed by atoms with Crippen molar-refractivity contribution in [3.63, 3.8) is 0 Å². The van der Waals surface area contributed by atoms with Crippen molar-refractivity contribution in [2.75, 3.05) is 20.1 Å². The molecule has 0 bridgehead atoms. The average molecular weight is 436 g/mol. The Hall–Kier alpha value is 0.170. The third kappa shape index (κ3) is 28.2. The Morgan fingerprint density at radius 3 is 1.07 bits per heavy atom. The van der Waals surface area contributed by atoms with E-state index in [1.165, 1.54) is 128 Å². The maximum absolute atomic E-state index is 8.90. The lowest BCUT2D eigenvalue weighted by Gasteiger charge is -2.17. The van der Waals surface area contributed by atoms with Crippen molar-refractivity contribution in [2.24, 2.45) is 0 Å². The Bertz CT molecular complexity index is 290. The van der Waals surface area contributed by atoms with Gasteiger partial charge in [0.25, 0.3) is 0 Å². The van der Waals surface area contributed by atoms with Crippen LogP contribution in [-0.2, 0) is 0 Å². The lowest BCUT2D eigenvalue weighted by Crippen LogP contribution is -2.29. The summed E-state index contributed by atoms with van der Waals surface area (Å²) in [6.07, 6.45) is 27.0. The summed E-state index contributed by atoms with van der Waals surface area (Å²) < 4.78 is 0. The summed E-state index contributed by atoms with van der Waals surface area (Å²) in [5, 5.41) is 17.8. The summed E-state index contributed by atoms with van der Waals surface area (Å²) >= 11 is 0. The van der Waals surface area contributed by atoms with Crippen LogP contribution in [0.2, 0.25) is 0 Å². The van der Waals surface area contributed by atoms with E-state index >= 15 is 0 Å². The minimum absolute atomic E-state index is 0. The summed E-state index contributed by atoms with van der Waals surface area (Å²) in [5.41, 5.74) is 0. The van der Waals surface area contributed by atoms with Gasteiger partial charge in [-0.15, -0.1) is 12.4 Å². The zero-order valence-corrected chi connectivity index (χ0v) is 20.7. The zero-order valence-electron chi connectivity index (χ0n) is 19.9. The Labute approximate surface area is 189 Å². The highest BCUT2D eigenvalue weighted by Gasteiger charge is 2.03. The molecule has 0 aromatic carbocycles. The Morgan fingerprint density at radius 1 is 0.517 bits per heavy atom. The van der Waals surface area contributed by atoms with Crippen molar-refractivity contribution >= 4 is 12.4 Å². The standard InChI is InChI=1S/C25H53NO2.ClH/c1-3-4-5-6-7-8-9-10-11-12-13-14-15-16-17-18-19-20-21-22-23-26(2)24-25(27)28;/h25,27-28H,3-24H2,1-2H3;1H. The fourth-order valence-corrected chi connectivity index (χ4v) is 4.01. The van der Waals surface area contributed by atoms with Crippen LogP contribution >= 0.6 is 12.4 Å². The molecule has 178 valence electrons. The molecule has 0 spiro atoms. The van der Waals surface area contributed by atoms with Crippen LogP contribution in [0.5, 0.6) is 0 Å². The van der Waals surface area contributed by atoms with Gasteiger partial charge >= 0.3 is 0 Å². The number of hydrogen-bond donors (Lipinski definition) is 2. The van der Waals surface area contributed by atoms with Gasteiger partial charge < -0.3 is 15.1 Å². The second kappa shape index (κ2) is 26.2. The molecule has 0 aliphatic rings. The first-order valence-corrected chi connectivity index (χ1v) is 12.7. The molecule has 0 unspecified atom stereocenters. The summed E-state index contributed by atoms with van der Waals surface area (Å²) in [6, 6.07) is 0. The molecule has 0 aromatic heterocycles. The second-order valence-electron chi connectivity index (χ2n) is 8.96. The molecule has 29 heavy (non-hydrogen) atoms. The number of aliphatic hydroxyl groups excluding tert-OH is 1. The van der Waals surface area contributed by atoms with Gasteiger partial charge in [0, 0.05) is 6.54 Å². The monoisotopic (exact) mass is 435 g/mol. The number of halogens is 1. The average Bonchev–Trinajstić information content (AvgIpc) is 2.66. The fraction of sp³-hybridized carbons (Fsp3) is 1.00. The van der Waals surface area contributed by atoms with E-state index in [0.717, 1.165) is 6.54 Å². The molecular weight excluding hydrogens is 382 g/mol. The van der Waals surface area contributed by atoms with Gasteiger partial charge in [0.05, 0.1) is 0 Å². The zero-order chi connectivity index (χ0) is 20.7. The van der Waals surface area contributed by atoms with E-state index in [0.29, 0.717) is 6.54 Å². The number of unbranched alkanes of at least 4 members (excludes halogenated alkanes) is 19. The van der Waals surface area contributed by atoms with Gasteiger partial charge in [0.15, 0.2) is 6.29 Å². The summed E-state index contributed by atoms with van der Waals surface area (Å²) in [4.78, 5) is 2.00. The van der Waals surface area contributed by atoms with E-state index in [9.17, 15) is 0 Å². The van der Waals surface area contributed by atoms with E-state index in [2.05, 4.69) is 6.92 Å². The van der Waals surface area contributed by atoms with Crippen molar-refractivity contribution in [1.29, 1.82) is 0 Å². The molecule has 0 heterocycles. The van der Waals surface area contributed by atoms with Crippen LogP contribution < -0.4 is 0 Å². The maximum atomic E-state index is 8.90. The van der Waals surface area contributed by atoms with Crippen molar-refractivity contribution in [3.05, 3.63) is 0 Å². The smallest absolute Gasteiger partial charge is 0.164 e. The van der Waals surface area contributed by atoms with Gasteiger partial charge in [-0.2, -0.15) is 0 Å². The second-order valence-corrected chi connectivity index (χ2v) is 8.96. The molecule has 0 amide bonds.